The number of nitrogens with zero attached hydrogens (tertiary/aromatic N) is 1. The number of pyridine rings is 1. The van der Waals surface area contributed by atoms with Crippen LogP contribution in [0.2, 0.25) is 0 Å². The molecule has 0 unspecified atom stereocenters. The Kier molecular flexibility index (Phi) is 6.21. The van der Waals surface area contributed by atoms with Crippen molar-refractivity contribution in [3.8, 4) is 0 Å². The lowest BCUT2D eigenvalue weighted by atomic mass is 9.76. The van der Waals surface area contributed by atoms with Crippen LogP contribution in [0, 0.1) is 17.7 Å². The van der Waals surface area contributed by atoms with Gasteiger partial charge in [0.25, 0.3) is 0 Å². The van der Waals surface area contributed by atoms with E-state index in [1.54, 1.807) is 32.9 Å². The van der Waals surface area contributed by atoms with E-state index in [9.17, 15) is 9.18 Å². The van der Waals surface area contributed by atoms with Gasteiger partial charge in [-0.3, -0.25) is 4.98 Å². The molecule has 28 heavy (non-hydrogen) atoms. The standard InChI is InChI=1S/C18H20FN.C5H11NO2/c19-15-7-8-18-17(11-15)16(9-10-20-18)14-5-3-13(4-6-14)12-1-2-12;1-5(2,3)8-4(6)7/h7-14H,1-6H2;1-3H3,(H2,6,7). The fraction of sp³-hybridized carbons (Fsp3) is 0.565. The van der Waals surface area contributed by atoms with Gasteiger partial charge in [-0.1, -0.05) is 0 Å². The van der Waals surface area contributed by atoms with Crippen molar-refractivity contribution in [2.45, 2.75) is 70.8 Å². The number of benzene rings is 1. The van der Waals surface area contributed by atoms with Crippen molar-refractivity contribution >= 4 is 17.0 Å². The first-order valence-corrected chi connectivity index (χ1v) is 10.3. The largest absolute Gasteiger partial charge is 0.444 e. The van der Waals surface area contributed by atoms with Crippen LogP contribution in [-0.2, 0) is 4.74 Å². The van der Waals surface area contributed by atoms with Crippen LogP contribution in [0.5, 0.6) is 0 Å². The van der Waals surface area contributed by atoms with Gasteiger partial charge in [0, 0.05) is 11.6 Å². The van der Waals surface area contributed by atoms with Crippen LogP contribution in [0.15, 0.2) is 30.5 Å². The predicted octanol–water partition coefficient (Wildman–Crippen LogP) is 5.94. The van der Waals surface area contributed by atoms with Gasteiger partial charge in [0.2, 0.25) is 0 Å². The van der Waals surface area contributed by atoms with Crippen LogP contribution in [0.4, 0.5) is 9.18 Å². The van der Waals surface area contributed by atoms with E-state index in [0.29, 0.717) is 5.92 Å². The lowest BCUT2D eigenvalue weighted by Gasteiger charge is -2.29. The van der Waals surface area contributed by atoms with E-state index in [1.165, 1.54) is 50.2 Å². The summed E-state index contributed by atoms with van der Waals surface area (Å²) in [6.45, 7) is 5.28. The molecule has 4 nitrogen and oxygen atoms in total. The molecule has 1 amide bonds. The summed E-state index contributed by atoms with van der Waals surface area (Å²) in [5, 5.41) is 1.02. The van der Waals surface area contributed by atoms with Gasteiger partial charge in [0.1, 0.15) is 11.4 Å². The molecule has 152 valence electrons. The number of hydrogen-bond donors (Lipinski definition) is 1. The number of rotatable bonds is 2. The Balaban J connectivity index is 0.000000242. The first kappa shape index (κ1) is 20.6. The van der Waals surface area contributed by atoms with Crippen LogP contribution < -0.4 is 5.73 Å². The molecule has 0 bridgehead atoms. The summed E-state index contributed by atoms with van der Waals surface area (Å²) in [5.74, 6) is 2.44. The maximum atomic E-state index is 13.5. The highest BCUT2D eigenvalue weighted by Gasteiger charge is 2.34. The molecule has 4 rings (SSSR count). The molecule has 2 saturated carbocycles. The number of halogens is 1. The summed E-state index contributed by atoms with van der Waals surface area (Å²) >= 11 is 0. The minimum absolute atomic E-state index is 0.154. The Labute approximate surface area is 166 Å². The van der Waals surface area contributed by atoms with Crippen LogP contribution in [-0.4, -0.2) is 16.7 Å². The topological polar surface area (TPSA) is 65.2 Å². The van der Waals surface area contributed by atoms with Gasteiger partial charge < -0.3 is 10.5 Å². The monoisotopic (exact) mass is 386 g/mol. The molecule has 1 heterocycles. The maximum Gasteiger partial charge on any atom is 0.405 e. The van der Waals surface area contributed by atoms with Gasteiger partial charge in [-0.05, 0) is 107 Å². The molecule has 0 aliphatic heterocycles. The fourth-order valence-electron chi connectivity index (χ4n) is 4.27. The second-order valence-corrected chi connectivity index (χ2v) is 9.04. The molecule has 2 fully saturated rings. The number of carbonyl (C=O) groups is 1. The molecule has 0 atom stereocenters. The summed E-state index contributed by atoms with van der Waals surface area (Å²) in [7, 11) is 0. The Bertz CT molecular complexity index is 819. The molecule has 2 aromatic rings. The minimum Gasteiger partial charge on any atom is -0.444 e. The average Bonchev–Trinajstić information content (AvgIpc) is 3.45. The Morgan fingerprint density at radius 2 is 1.68 bits per heavy atom. The molecule has 5 heteroatoms. The molecule has 2 N–H and O–H groups in total. The maximum absolute atomic E-state index is 13.5. The number of amides is 1. The van der Waals surface area contributed by atoms with Gasteiger partial charge in [-0.2, -0.15) is 0 Å². The smallest absolute Gasteiger partial charge is 0.405 e. The summed E-state index contributed by atoms with van der Waals surface area (Å²) < 4.78 is 18.1. The van der Waals surface area contributed by atoms with Crippen LogP contribution in [0.3, 0.4) is 0 Å². The van der Waals surface area contributed by atoms with Crippen LogP contribution in [0.25, 0.3) is 10.9 Å². The zero-order valence-electron chi connectivity index (χ0n) is 17.1. The van der Waals surface area contributed by atoms with Crippen LogP contribution >= 0.6 is 0 Å². The molecule has 1 aromatic heterocycles. The van der Waals surface area contributed by atoms with Crippen molar-refractivity contribution in [2.75, 3.05) is 0 Å². The van der Waals surface area contributed by atoms with Crippen molar-refractivity contribution in [2.24, 2.45) is 17.6 Å². The van der Waals surface area contributed by atoms with Crippen molar-refractivity contribution in [1.29, 1.82) is 0 Å². The third-order valence-electron chi connectivity index (χ3n) is 5.64. The zero-order chi connectivity index (χ0) is 20.3. The predicted molar refractivity (Wildman–Crippen MR) is 110 cm³/mol. The first-order valence-electron chi connectivity index (χ1n) is 10.3. The molecular weight excluding hydrogens is 355 g/mol. The van der Waals surface area contributed by atoms with E-state index in [0.717, 1.165) is 22.7 Å². The molecule has 1 aromatic carbocycles. The summed E-state index contributed by atoms with van der Waals surface area (Å²) in [6, 6.07) is 7.06. The fourth-order valence-corrected chi connectivity index (χ4v) is 4.27. The number of aromatic nitrogens is 1. The third-order valence-corrected chi connectivity index (χ3v) is 5.64. The van der Waals surface area contributed by atoms with E-state index in [2.05, 4.69) is 15.8 Å². The molecular formula is C23H31FN2O2. The minimum atomic E-state index is -0.725. The van der Waals surface area contributed by atoms with Crippen molar-refractivity contribution in [1.82, 2.24) is 4.98 Å². The third kappa shape index (κ3) is 5.66. The Morgan fingerprint density at radius 1 is 1.07 bits per heavy atom. The number of primary amides is 1. The number of hydrogen-bond acceptors (Lipinski definition) is 3. The first-order chi connectivity index (χ1) is 13.2. The van der Waals surface area contributed by atoms with E-state index < -0.39 is 11.7 Å². The lowest BCUT2D eigenvalue weighted by molar-refractivity contribution is 0.0600. The van der Waals surface area contributed by atoms with E-state index >= 15 is 0 Å². The van der Waals surface area contributed by atoms with Crippen LogP contribution in [0.1, 0.15) is 70.8 Å². The SMILES string of the molecule is CC(C)(C)OC(N)=O.Fc1ccc2nccc(C3CCC(C4CC4)CC3)c2c1. The van der Waals surface area contributed by atoms with Crippen molar-refractivity contribution < 1.29 is 13.9 Å². The average molecular weight is 387 g/mol. The summed E-state index contributed by atoms with van der Waals surface area (Å²) in [5.41, 5.74) is 6.50. The van der Waals surface area contributed by atoms with E-state index in [1.807, 2.05) is 6.20 Å². The molecule has 0 spiro atoms. The van der Waals surface area contributed by atoms with Gasteiger partial charge >= 0.3 is 6.09 Å². The molecule has 0 radical (unpaired) electrons. The highest BCUT2D eigenvalue weighted by atomic mass is 19.1. The highest BCUT2D eigenvalue weighted by molar-refractivity contribution is 5.82. The van der Waals surface area contributed by atoms with Gasteiger partial charge in [0.05, 0.1) is 5.52 Å². The van der Waals surface area contributed by atoms with Gasteiger partial charge in [-0.15, -0.1) is 0 Å². The normalized spacial score (nSPS) is 22.3. The van der Waals surface area contributed by atoms with Gasteiger partial charge in [0.15, 0.2) is 0 Å². The van der Waals surface area contributed by atoms with Gasteiger partial charge in [-0.25, -0.2) is 9.18 Å². The second kappa shape index (κ2) is 8.46. The quantitative estimate of drug-likeness (QED) is 0.695. The second-order valence-electron chi connectivity index (χ2n) is 9.04. The van der Waals surface area contributed by atoms with E-state index in [-0.39, 0.29) is 5.82 Å². The summed E-state index contributed by atoms with van der Waals surface area (Å²) in [4.78, 5) is 14.4. The van der Waals surface area contributed by atoms with Crippen molar-refractivity contribution in [3.05, 3.63) is 41.8 Å². The van der Waals surface area contributed by atoms with E-state index in [4.69, 9.17) is 5.73 Å². The molecule has 2 aliphatic rings. The number of ether oxygens (including phenoxy) is 1. The number of fused-ring (bicyclic) bond motifs is 1. The Morgan fingerprint density at radius 3 is 2.18 bits per heavy atom. The Hall–Kier alpha value is -2.17. The zero-order valence-corrected chi connectivity index (χ0v) is 17.1. The molecule has 2 aliphatic carbocycles. The number of nitrogens with two attached hydrogens (primary N) is 1. The molecule has 0 saturated heterocycles. The highest BCUT2D eigenvalue weighted by Crippen LogP contribution is 2.47. The lowest BCUT2D eigenvalue weighted by Crippen LogP contribution is -2.27. The number of carbonyl (C=O) groups excluding carboxylic acids is 1. The summed E-state index contributed by atoms with van der Waals surface area (Å²) in [6.07, 6.45) is 9.30. The van der Waals surface area contributed by atoms with Crippen molar-refractivity contribution in [3.63, 3.8) is 0 Å².